The quantitative estimate of drug-likeness (QED) is 0.922. The van der Waals surface area contributed by atoms with Crippen molar-refractivity contribution in [1.82, 2.24) is 9.97 Å². The summed E-state index contributed by atoms with van der Waals surface area (Å²) in [5.74, 6) is 0.843. The van der Waals surface area contributed by atoms with Crippen molar-refractivity contribution in [3.8, 4) is 0 Å². The SMILES string of the molecule is Cc1nc(N2CCC[C@@H]2C(=O)O)c2c3c(sc2n1)CCCC3. The van der Waals surface area contributed by atoms with Gasteiger partial charge in [0.05, 0.1) is 5.39 Å². The van der Waals surface area contributed by atoms with Crippen LogP contribution in [0.25, 0.3) is 10.2 Å². The number of rotatable bonds is 2. The van der Waals surface area contributed by atoms with Gasteiger partial charge >= 0.3 is 5.97 Å². The van der Waals surface area contributed by atoms with E-state index in [2.05, 4.69) is 9.97 Å². The van der Waals surface area contributed by atoms with Gasteiger partial charge in [0.2, 0.25) is 0 Å². The first-order valence-electron chi connectivity index (χ1n) is 7.93. The molecule has 116 valence electrons. The van der Waals surface area contributed by atoms with Gasteiger partial charge in [-0.05, 0) is 51.0 Å². The van der Waals surface area contributed by atoms with Gasteiger partial charge in [-0.1, -0.05) is 0 Å². The number of carboxylic acid groups (broad SMARTS) is 1. The van der Waals surface area contributed by atoms with Crippen molar-refractivity contribution < 1.29 is 9.90 Å². The summed E-state index contributed by atoms with van der Waals surface area (Å²) in [6.45, 7) is 2.67. The number of carbonyl (C=O) groups is 1. The van der Waals surface area contributed by atoms with Gasteiger partial charge in [0.1, 0.15) is 22.5 Å². The monoisotopic (exact) mass is 317 g/mol. The van der Waals surface area contributed by atoms with E-state index in [0.717, 1.165) is 47.7 Å². The Kier molecular flexibility index (Phi) is 3.29. The largest absolute Gasteiger partial charge is 0.480 e. The number of aromatic nitrogens is 2. The molecule has 2 aliphatic rings. The van der Waals surface area contributed by atoms with Gasteiger partial charge < -0.3 is 10.0 Å². The Morgan fingerprint density at radius 3 is 2.91 bits per heavy atom. The molecule has 0 radical (unpaired) electrons. The van der Waals surface area contributed by atoms with Crippen LogP contribution in [0.3, 0.4) is 0 Å². The number of fused-ring (bicyclic) bond motifs is 3. The molecule has 0 saturated carbocycles. The first-order valence-corrected chi connectivity index (χ1v) is 8.75. The normalized spacial score (nSPS) is 21.3. The van der Waals surface area contributed by atoms with Crippen LogP contribution in [-0.4, -0.2) is 33.6 Å². The van der Waals surface area contributed by atoms with E-state index in [1.807, 2.05) is 11.8 Å². The lowest BCUT2D eigenvalue weighted by atomic mass is 9.97. The van der Waals surface area contributed by atoms with Gasteiger partial charge in [-0.2, -0.15) is 0 Å². The van der Waals surface area contributed by atoms with E-state index in [4.69, 9.17) is 0 Å². The Balaban J connectivity index is 1.92. The van der Waals surface area contributed by atoms with E-state index >= 15 is 0 Å². The molecule has 2 aromatic heterocycles. The summed E-state index contributed by atoms with van der Waals surface area (Å²) in [5, 5.41) is 10.6. The Morgan fingerprint density at radius 1 is 1.27 bits per heavy atom. The van der Waals surface area contributed by atoms with E-state index in [0.29, 0.717) is 6.42 Å². The molecule has 3 heterocycles. The summed E-state index contributed by atoms with van der Waals surface area (Å²) < 4.78 is 0. The van der Waals surface area contributed by atoms with Crippen LogP contribution in [0.2, 0.25) is 0 Å². The third kappa shape index (κ3) is 2.08. The molecule has 2 aromatic rings. The molecule has 1 saturated heterocycles. The molecule has 1 N–H and O–H groups in total. The molecular formula is C16H19N3O2S. The molecule has 1 atom stereocenters. The van der Waals surface area contributed by atoms with E-state index in [-0.39, 0.29) is 0 Å². The highest BCUT2D eigenvalue weighted by Crippen LogP contribution is 2.41. The van der Waals surface area contributed by atoms with E-state index in [9.17, 15) is 9.90 Å². The third-order valence-corrected chi connectivity index (χ3v) is 5.90. The molecule has 4 rings (SSSR count). The number of nitrogens with zero attached hydrogens (tertiary/aromatic N) is 3. The fourth-order valence-corrected chi connectivity index (χ4v) is 5.03. The first kappa shape index (κ1) is 13.9. The molecule has 1 fully saturated rings. The van der Waals surface area contributed by atoms with Crippen LogP contribution in [0.1, 0.15) is 41.9 Å². The van der Waals surface area contributed by atoms with Crippen molar-refractivity contribution in [1.29, 1.82) is 0 Å². The lowest BCUT2D eigenvalue weighted by Gasteiger charge is -2.24. The van der Waals surface area contributed by atoms with Crippen molar-refractivity contribution in [2.45, 2.75) is 51.5 Å². The van der Waals surface area contributed by atoms with Crippen LogP contribution in [0.5, 0.6) is 0 Å². The Hall–Kier alpha value is -1.69. The summed E-state index contributed by atoms with van der Waals surface area (Å²) in [5.41, 5.74) is 1.37. The highest BCUT2D eigenvalue weighted by molar-refractivity contribution is 7.19. The minimum absolute atomic E-state index is 0.448. The molecule has 1 aliphatic heterocycles. The summed E-state index contributed by atoms with van der Waals surface area (Å²) in [4.78, 5) is 25.3. The van der Waals surface area contributed by atoms with Crippen LogP contribution < -0.4 is 4.90 Å². The topological polar surface area (TPSA) is 66.3 Å². The van der Waals surface area contributed by atoms with Gasteiger partial charge in [0, 0.05) is 11.4 Å². The molecular weight excluding hydrogens is 298 g/mol. The van der Waals surface area contributed by atoms with Gasteiger partial charge in [-0.25, -0.2) is 14.8 Å². The molecule has 0 aromatic carbocycles. The lowest BCUT2D eigenvalue weighted by molar-refractivity contribution is -0.138. The third-order valence-electron chi connectivity index (χ3n) is 4.72. The molecule has 0 unspecified atom stereocenters. The average Bonchev–Trinajstić information content (AvgIpc) is 3.10. The summed E-state index contributed by atoms with van der Waals surface area (Å²) in [6, 6.07) is -0.448. The Labute approximate surface area is 133 Å². The van der Waals surface area contributed by atoms with Crippen molar-refractivity contribution >= 4 is 33.3 Å². The number of anilines is 1. The highest BCUT2D eigenvalue weighted by Gasteiger charge is 2.34. The fourth-order valence-electron chi connectivity index (χ4n) is 3.73. The maximum atomic E-state index is 11.6. The smallest absolute Gasteiger partial charge is 0.326 e. The molecule has 5 nitrogen and oxygen atoms in total. The van der Waals surface area contributed by atoms with E-state index in [1.165, 1.54) is 23.3 Å². The molecule has 1 aliphatic carbocycles. The van der Waals surface area contributed by atoms with E-state index in [1.54, 1.807) is 11.3 Å². The summed E-state index contributed by atoms with van der Waals surface area (Å²) in [6.07, 6.45) is 6.25. The zero-order valence-electron chi connectivity index (χ0n) is 12.6. The summed E-state index contributed by atoms with van der Waals surface area (Å²) in [7, 11) is 0. The molecule has 0 bridgehead atoms. The highest BCUT2D eigenvalue weighted by atomic mass is 32.1. The number of hydrogen-bond donors (Lipinski definition) is 1. The van der Waals surface area contributed by atoms with Crippen LogP contribution in [-0.2, 0) is 17.6 Å². The number of hydrogen-bond acceptors (Lipinski definition) is 5. The Bertz CT molecular complexity index is 755. The zero-order valence-corrected chi connectivity index (χ0v) is 13.4. The van der Waals surface area contributed by atoms with Gasteiger partial charge in [0.25, 0.3) is 0 Å². The minimum Gasteiger partial charge on any atom is -0.480 e. The zero-order chi connectivity index (χ0) is 15.3. The minimum atomic E-state index is -0.744. The average molecular weight is 317 g/mol. The number of aryl methyl sites for hydroxylation is 3. The van der Waals surface area contributed by atoms with Crippen LogP contribution >= 0.6 is 11.3 Å². The van der Waals surface area contributed by atoms with Gasteiger partial charge in [-0.3, -0.25) is 0 Å². The number of aliphatic carboxylic acids is 1. The van der Waals surface area contributed by atoms with E-state index < -0.39 is 12.0 Å². The van der Waals surface area contributed by atoms with Crippen molar-refractivity contribution in [3.05, 3.63) is 16.3 Å². The van der Waals surface area contributed by atoms with Crippen molar-refractivity contribution in [3.63, 3.8) is 0 Å². The maximum Gasteiger partial charge on any atom is 0.326 e. The predicted octanol–water partition coefficient (Wildman–Crippen LogP) is 2.93. The van der Waals surface area contributed by atoms with Gasteiger partial charge in [0.15, 0.2) is 0 Å². The maximum absolute atomic E-state index is 11.6. The Morgan fingerprint density at radius 2 is 2.09 bits per heavy atom. The number of carboxylic acids is 1. The lowest BCUT2D eigenvalue weighted by Crippen LogP contribution is -2.36. The summed E-state index contributed by atoms with van der Waals surface area (Å²) >= 11 is 1.77. The van der Waals surface area contributed by atoms with Crippen LogP contribution in [0, 0.1) is 6.92 Å². The second-order valence-electron chi connectivity index (χ2n) is 6.18. The van der Waals surface area contributed by atoms with Crippen LogP contribution in [0.4, 0.5) is 5.82 Å². The van der Waals surface area contributed by atoms with Crippen molar-refractivity contribution in [2.24, 2.45) is 0 Å². The number of thiophene rings is 1. The van der Waals surface area contributed by atoms with Gasteiger partial charge in [-0.15, -0.1) is 11.3 Å². The first-order chi connectivity index (χ1) is 10.6. The van der Waals surface area contributed by atoms with Crippen LogP contribution in [0.15, 0.2) is 0 Å². The second kappa shape index (κ2) is 5.19. The fraction of sp³-hybridized carbons (Fsp3) is 0.562. The standard InChI is InChI=1S/C16H19N3O2S/c1-9-17-14(19-8-4-6-11(19)16(20)21)13-10-5-2-3-7-12(10)22-15(13)18-9/h11H,2-8H2,1H3,(H,20,21)/t11-/m1/s1. The van der Waals surface area contributed by atoms with Crippen molar-refractivity contribution in [2.75, 3.05) is 11.4 Å². The molecule has 6 heteroatoms. The molecule has 22 heavy (non-hydrogen) atoms. The molecule has 0 spiro atoms. The predicted molar refractivity (Wildman–Crippen MR) is 86.8 cm³/mol. The molecule has 0 amide bonds. The second-order valence-corrected chi connectivity index (χ2v) is 7.26.